The van der Waals surface area contributed by atoms with E-state index in [9.17, 15) is 4.79 Å². The highest BCUT2D eigenvalue weighted by molar-refractivity contribution is 7.09. The molecule has 0 fully saturated rings. The summed E-state index contributed by atoms with van der Waals surface area (Å²) in [5.41, 5.74) is 0. The summed E-state index contributed by atoms with van der Waals surface area (Å²) in [6.07, 6.45) is 3.72. The third-order valence-corrected chi connectivity index (χ3v) is 3.39. The van der Waals surface area contributed by atoms with Crippen molar-refractivity contribution >= 4 is 17.2 Å². The molecular weight excluding hydrogens is 232 g/mol. The molecule has 3 nitrogen and oxygen atoms in total. The Morgan fingerprint density at radius 2 is 2.24 bits per heavy atom. The van der Waals surface area contributed by atoms with Crippen molar-refractivity contribution in [2.75, 3.05) is 19.6 Å². The van der Waals surface area contributed by atoms with Crippen LogP contribution in [0.2, 0.25) is 0 Å². The van der Waals surface area contributed by atoms with Gasteiger partial charge in [0.05, 0.1) is 0 Å². The maximum Gasteiger partial charge on any atom is 0.220 e. The molecule has 1 heterocycles. The van der Waals surface area contributed by atoms with Gasteiger partial charge in [0, 0.05) is 24.4 Å². The number of carbonyl (C=O) groups is 1. The van der Waals surface area contributed by atoms with Gasteiger partial charge in [0.15, 0.2) is 0 Å². The molecule has 0 atom stereocenters. The van der Waals surface area contributed by atoms with Gasteiger partial charge < -0.3 is 10.6 Å². The third-order valence-electron chi connectivity index (χ3n) is 2.46. The third kappa shape index (κ3) is 7.13. The lowest BCUT2D eigenvalue weighted by Crippen LogP contribution is -2.31. The van der Waals surface area contributed by atoms with E-state index in [1.165, 1.54) is 4.88 Å². The second-order valence-corrected chi connectivity index (χ2v) is 5.07. The minimum Gasteiger partial charge on any atom is -0.355 e. The lowest BCUT2D eigenvalue weighted by Gasteiger charge is -2.05. The summed E-state index contributed by atoms with van der Waals surface area (Å²) in [5.74, 6) is 0.167. The van der Waals surface area contributed by atoms with Crippen LogP contribution in [0.5, 0.6) is 0 Å². The molecule has 1 aromatic heterocycles. The van der Waals surface area contributed by atoms with Crippen LogP contribution in [0.15, 0.2) is 17.5 Å². The van der Waals surface area contributed by atoms with Crippen LogP contribution in [-0.2, 0) is 11.2 Å². The molecule has 0 aliphatic carbocycles. The van der Waals surface area contributed by atoms with Gasteiger partial charge >= 0.3 is 0 Å². The van der Waals surface area contributed by atoms with Crippen LogP contribution in [0.3, 0.4) is 0 Å². The lowest BCUT2D eigenvalue weighted by molar-refractivity contribution is -0.121. The molecule has 96 valence electrons. The number of hydrogen-bond donors (Lipinski definition) is 2. The fraction of sp³-hybridized carbons (Fsp3) is 0.615. The first-order valence-corrected chi connectivity index (χ1v) is 7.20. The Morgan fingerprint density at radius 3 is 2.94 bits per heavy atom. The van der Waals surface area contributed by atoms with Crippen LogP contribution in [0, 0.1) is 0 Å². The number of thiophene rings is 1. The van der Waals surface area contributed by atoms with Crippen LogP contribution < -0.4 is 10.6 Å². The molecule has 0 radical (unpaired) electrons. The average molecular weight is 254 g/mol. The molecule has 2 N–H and O–H groups in total. The van der Waals surface area contributed by atoms with Crippen molar-refractivity contribution in [2.24, 2.45) is 0 Å². The number of amides is 1. The number of rotatable bonds is 9. The summed E-state index contributed by atoms with van der Waals surface area (Å²) in [6.45, 7) is 4.76. The Bertz CT molecular complexity index is 298. The van der Waals surface area contributed by atoms with Gasteiger partial charge in [-0.1, -0.05) is 13.0 Å². The molecular formula is C13H22N2OS. The summed E-state index contributed by atoms with van der Waals surface area (Å²) < 4.78 is 0. The number of carbonyl (C=O) groups excluding carboxylic acids is 1. The van der Waals surface area contributed by atoms with Crippen molar-refractivity contribution in [3.8, 4) is 0 Å². The Labute approximate surface area is 108 Å². The zero-order valence-corrected chi connectivity index (χ0v) is 11.3. The standard InChI is InChI=1S/C13H22N2OS/c1-2-8-14-9-10-15-13(16)7-3-5-12-6-4-11-17-12/h4,6,11,14H,2-3,5,7-10H2,1H3,(H,15,16). The molecule has 0 saturated heterocycles. The van der Waals surface area contributed by atoms with E-state index in [0.717, 1.165) is 38.9 Å². The molecule has 17 heavy (non-hydrogen) atoms. The Kier molecular flexibility index (Phi) is 7.67. The van der Waals surface area contributed by atoms with Crippen LogP contribution >= 0.6 is 11.3 Å². The van der Waals surface area contributed by atoms with E-state index in [2.05, 4.69) is 35.1 Å². The van der Waals surface area contributed by atoms with Gasteiger partial charge in [0.25, 0.3) is 0 Å². The maximum absolute atomic E-state index is 11.5. The number of aryl methyl sites for hydroxylation is 1. The van der Waals surface area contributed by atoms with Gasteiger partial charge in [-0.2, -0.15) is 0 Å². The van der Waals surface area contributed by atoms with Crippen molar-refractivity contribution in [1.82, 2.24) is 10.6 Å². The minimum absolute atomic E-state index is 0.167. The second-order valence-electron chi connectivity index (χ2n) is 4.03. The predicted octanol–water partition coefficient (Wildman–Crippen LogP) is 2.19. The average Bonchev–Trinajstić information content (AvgIpc) is 2.82. The van der Waals surface area contributed by atoms with Crippen molar-refractivity contribution in [1.29, 1.82) is 0 Å². The van der Waals surface area contributed by atoms with E-state index in [0.29, 0.717) is 6.42 Å². The van der Waals surface area contributed by atoms with Gasteiger partial charge in [-0.25, -0.2) is 0 Å². The zero-order valence-electron chi connectivity index (χ0n) is 10.5. The lowest BCUT2D eigenvalue weighted by atomic mass is 10.2. The molecule has 0 saturated carbocycles. The zero-order chi connectivity index (χ0) is 12.3. The fourth-order valence-corrected chi connectivity index (χ4v) is 2.31. The molecule has 0 aliphatic rings. The molecule has 1 rings (SSSR count). The molecule has 4 heteroatoms. The molecule has 0 aliphatic heterocycles. The maximum atomic E-state index is 11.5. The summed E-state index contributed by atoms with van der Waals surface area (Å²) in [7, 11) is 0. The quantitative estimate of drug-likeness (QED) is 0.663. The molecule has 1 amide bonds. The molecule has 0 unspecified atom stereocenters. The van der Waals surface area contributed by atoms with Gasteiger partial charge in [-0.05, 0) is 37.3 Å². The monoisotopic (exact) mass is 254 g/mol. The molecule has 1 aromatic rings. The SMILES string of the molecule is CCCNCCNC(=O)CCCc1cccs1. The van der Waals surface area contributed by atoms with E-state index in [1.54, 1.807) is 11.3 Å². The van der Waals surface area contributed by atoms with Crippen LogP contribution in [0.4, 0.5) is 0 Å². The highest BCUT2D eigenvalue weighted by Gasteiger charge is 2.01. The van der Waals surface area contributed by atoms with Gasteiger partial charge in [0.1, 0.15) is 0 Å². The van der Waals surface area contributed by atoms with E-state index in [1.807, 2.05) is 0 Å². The van der Waals surface area contributed by atoms with Crippen LogP contribution in [-0.4, -0.2) is 25.5 Å². The fourth-order valence-electron chi connectivity index (χ4n) is 1.56. The van der Waals surface area contributed by atoms with Crippen molar-refractivity contribution in [2.45, 2.75) is 32.6 Å². The Hall–Kier alpha value is -0.870. The predicted molar refractivity (Wildman–Crippen MR) is 73.4 cm³/mol. The molecule has 0 bridgehead atoms. The number of hydrogen-bond acceptors (Lipinski definition) is 3. The van der Waals surface area contributed by atoms with Crippen LogP contribution in [0.1, 0.15) is 31.1 Å². The highest BCUT2D eigenvalue weighted by atomic mass is 32.1. The molecule has 0 aromatic carbocycles. The first-order valence-electron chi connectivity index (χ1n) is 6.32. The summed E-state index contributed by atoms with van der Waals surface area (Å²) in [4.78, 5) is 12.8. The molecule has 0 spiro atoms. The van der Waals surface area contributed by atoms with E-state index in [4.69, 9.17) is 0 Å². The normalized spacial score (nSPS) is 10.4. The van der Waals surface area contributed by atoms with E-state index in [-0.39, 0.29) is 5.91 Å². The topological polar surface area (TPSA) is 41.1 Å². The highest BCUT2D eigenvalue weighted by Crippen LogP contribution is 2.11. The van der Waals surface area contributed by atoms with Gasteiger partial charge in [0.2, 0.25) is 5.91 Å². The summed E-state index contributed by atoms with van der Waals surface area (Å²) in [6, 6.07) is 4.18. The van der Waals surface area contributed by atoms with Gasteiger partial charge in [-0.15, -0.1) is 11.3 Å². The summed E-state index contributed by atoms with van der Waals surface area (Å²) in [5, 5.41) is 8.26. The van der Waals surface area contributed by atoms with Crippen molar-refractivity contribution in [3.63, 3.8) is 0 Å². The Morgan fingerprint density at radius 1 is 1.35 bits per heavy atom. The van der Waals surface area contributed by atoms with E-state index < -0.39 is 0 Å². The second kappa shape index (κ2) is 9.19. The first-order chi connectivity index (χ1) is 8.33. The summed E-state index contributed by atoms with van der Waals surface area (Å²) >= 11 is 1.76. The largest absolute Gasteiger partial charge is 0.355 e. The first kappa shape index (κ1) is 14.2. The van der Waals surface area contributed by atoms with Crippen LogP contribution in [0.25, 0.3) is 0 Å². The smallest absolute Gasteiger partial charge is 0.220 e. The number of nitrogens with one attached hydrogen (secondary N) is 2. The minimum atomic E-state index is 0.167. The van der Waals surface area contributed by atoms with Gasteiger partial charge in [-0.3, -0.25) is 4.79 Å². The van der Waals surface area contributed by atoms with E-state index >= 15 is 0 Å². The Balaban J connectivity index is 1.94. The van der Waals surface area contributed by atoms with Crippen molar-refractivity contribution in [3.05, 3.63) is 22.4 Å². The van der Waals surface area contributed by atoms with Crippen molar-refractivity contribution < 1.29 is 4.79 Å².